The average molecular weight is 268 g/mol. The molecule has 1 heteroatoms. The third-order valence-corrected chi connectivity index (χ3v) is 4.82. The highest BCUT2D eigenvalue weighted by Gasteiger charge is 2.17. The number of hydrogen-bond acceptors (Lipinski definition) is 1. The lowest BCUT2D eigenvalue weighted by Gasteiger charge is -2.26. The summed E-state index contributed by atoms with van der Waals surface area (Å²) in [7, 11) is 0. The summed E-state index contributed by atoms with van der Waals surface area (Å²) >= 11 is 0. The molecule has 0 aromatic heterocycles. The van der Waals surface area contributed by atoms with Crippen molar-refractivity contribution in [1.29, 1.82) is 0 Å². The van der Waals surface area contributed by atoms with Gasteiger partial charge in [-0.2, -0.15) is 0 Å². The molecule has 1 rings (SSSR count). The van der Waals surface area contributed by atoms with Crippen molar-refractivity contribution in [2.24, 2.45) is 11.8 Å². The molecule has 0 radical (unpaired) electrons. The molecule has 1 saturated carbocycles. The molecular weight excluding hydrogens is 230 g/mol. The second-order valence-electron chi connectivity index (χ2n) is 6.79. The normalized spacial score (nSPS) is 23.7. The molecule has 0 aromatic rings. The van der Waals surface area contributed by atoms with Crippen molar-refractivity contribution in [1.82, 2.24) is 5.32 Å². The number of rotatable bonds is 11. The highest BCUT2D eigenvalue weighted by atomic mass is 14.8. The predicted octanol–water partition coefficient (Wildman–Crippen LogP) is 5.54. The van der Waals surface area contributed by atoms with E-state index in [1.54, 1.807) is 0 Å². The van der Waals surface area contributed by atoms with Gasteiger partial charge in [-0.3, -0.25) is 0 Å². The Morgan fingerprint density at radius 1 is 0.789 bits per heavy atom. The first-order valence-corrected chi connectivity index (χ1v) is 9.03. The Labute approximate surface area is 121 Å². The van der Waals surface area contributed by atoms with Crippen molar-refractivity contribution in [2.75, 3.05) is 13.1 Å². The Morgan fingerprint density at radius 2 is 1.42 bits per heavy atom. The maximum Gasteiger partial charge on any atom is -0.00463 e. The van der Waals surface area contributed by atoms with Crippen LogP contribution in [0.25, 0.3) is 0 Å². The molecule has 0 spiro atoms. The van der Waals surface area contributed by atoms with Gasteiger partial charge in [0.15, 0.2) is 0 Å². The molecule has 0 amide bonds. The van der Waals surface area contributed by atoms with E-state index in [-0.39, 0.29) is 0 Å². The SMILES string of the molecule is CCCCCCCCCNCCC1CCC(C)CC1. The Kier molecular flexibility index (Phi) is 10.5. The molecule has 0 unspecified atom stereocenters. The van der Waals surface area contributed by atoms with E-state index in [1.807, 2.05) is 0 Å². The molecule has 0 bridgehead atoms. The molecule has 1 N–H and O–H groups in total. The molecule has 114 valence electrons. The van der Waals surface area contributed by atoms with Gasteiger partial charge >= 0.3 is 0 Å². The van der Waals surface area contributed by atoms with Gasteiger partial charge in [0.25, 0.3) is 0 Å². The van der Waals surface area contributed by atoms with Crippen molar-refractivity contribution in [3.63, 3.8) is 0 Å². The molecule has 1 fully saturated rings. The van der Waals surface area contributed by atoms with E-state index in [0.717, 1.165) is 11.8 Å². The van der Waals surface area contributed by atoms with Crippen LogP contribution in [0.15, 0.2) is 0 Å². The third kappa shape index (κ3) is 9.49. The Hall–Kier alpha value is -0.0400. The standard InChI is InChI=1S/C18H37N/c1-3-4-5-6-7-8-9-15-19-16-14-18-12-10-17(2)11-13-18/h17-19H,3-16H2,1-2H3. The van der Waals surface area contributed by atoms with E-state index in [1.165, 1.54) is 90.1 Å². The summed E-state index contributed by atoms with van der Waals surface area (Å²) in [4.78, 5) is 0. The van der Waals surface area contributed by atoms with Crippen LogP contribution >= 0.6 is 0 Å². The first-order valence-electron chi connectivity index (χ1n) is 9.03. The predicted molar refractivity (Wildman–Crippen MR) is 86.6 cm³/mol. The van der Waals surface area contributed by atoms with Gasteiger partial charge < -0.3 is 5.32 Å². The maximum atomic E-state index is 3.65. The fourth-order valence-electron chi connectivity index (χ4n) is 3.26. The third-order valence-electron chi connectivity index (χ3n) is 4.82. The van der Waals surface area contributed by atoms with Crippen LogP contribution < -0.4 is 5.32 Å². The van der Waals surface area contributed by atoms with E-state index >= 15 is 0 Å². The quantitative estimate of drug-likeness (QED) is 0.484. The van der Waals surface area contributed by atoms with Crippen molar-refractivity contribution in [3.8, 4) is 0 Å². The van der Waals surface area contributed by atoms with E-state index in [4.69, 9.17) is 0 Å². The van der Waals surface area contributed by atoms with Crippen LogP contribution in [-0.2, 0) is 0 Å². The number of nitrogens with one attached hydrogen (secondary N) is 1. The minimum absolute atomic E-state index is 0.997. The smallest absolute Gasteiger partial charge is 0.00463 e. The van der Waals surface area contributed by atoms with E-state index in [9.17, 15) is 0 Å². The molecule has 1 aliphatic carbocycles. The van der Waals surface area contributed by atoms with E-state index < -0.39 is 0 Å². The minimum atomic E-state index is 0.997. The Balaban J connectivity index is 1.76. The van der Waals surface area contributed by atoms with Crippen LogP contribution in [0.3, 0.4) is 0 Å². The highest BCUT2D eigenvalue weighted by molar-refractivity contribution is 4.70. The lowest BCUT2D eigenvalue weighted by molar-refractivity contribution is 0.275. The molecule has 0 aliphatic heterocycles. The van der Waals surface area contributed by atoms with Gasteiger partial charge in [-0.05, 0) is 37.8 Å². The van der Waals surface area contributed by atoms with Crippen LogP contribution in [0.2, 0.25) is 0 Å². The van der Waals surface area contributed by atoms with Crippen molar-refractivity contribution >= 4 is 0 Å². The lowest BCUT2D eigenvalue weighted by Crippen LogP contribution is -2.21. The maximum absolute atomic E-state index is 3.65. The van der Waals surface area contributed by atoms with Crippen LogP contribution in [-0.4, -0.2) is 13.1 Å². The molecule has 19 heavy (non-hydrogen) atoms. The zero-order valence-corrected chi connectivity index (χ0v) is 13.6. The average Bonchev–Trinajstić information content (AvgIpc) is 2.43. The first-order chi connectivity index (χ1) is 9.33. The minimum Gasteiger partial charge on any atom is -0.317 e. The number of unbranched alkanes of at least 4 members (excludes halogenated alkanes) is 6. The second kappa shape index (κ2) is 11.8. The topological polar surface area (TPSA) is 12.0 Å². The van der Waals surface area contributed by atoms with Crippen LogP contribution in [0.1, 0.15) is 90.9 Å². The number of hydrogen-bond donors (Lipinski definition) is 1. The summed E-state index contributed by atoms with van der Waals surface area (Å²) in [5.74, 6) is 2.02. The summed E-state index contributed by atoms with van der Waals surface area (Å²) in [6.07, 6.45) is 17.3. The second-order valence-corrected chi connectivity index (χ2v) is 6.79. The van der Waals surface area contributed by atoms with Crippen molar-refractivity contribution < 1.29 is 0 Å². The van der Waals surface area contributed by atoms with Crippen molar-refractivity contribution in [3.05, 3.63) is 0 Å². The molecular formula is C18H37N. The first kappa shape index (κ1) is 17.0. The van der Waals surface area contributed by atoms with Gasteiger partial charge in [0, 0.05) is 0 Å². The molecule has 0 aromatic carbocycles. The molecule has 1 aliphatic rings. The molecule has 1 nitrogen and oxygen atoms in total. The summed E-state index contributed by atoms with van der Waals surface area (Å²) in [5.41, 5.74) is 0. The van der Waals surface area contributed by atoms with Crippen molar-refractivity contribution in [2.45, 2.75) is 90.9 Å². The fraction of sp³-hybridized carbons (Fsp3) is 1.00. The zero-order valence-electron chi connectivity index (χ0n) is 13.6. The lowest BCUT2D eigenvalue weighted by atomic mass is 9.81. The van der Waals surface area contributed by atoms with Gasteiger partial charge in [0.2, 0.25) is 0 Å². The van der Waals surface area contributed by atoms with Gasteiger partial charge in [0.1, 0.15) is 0 Å². The van der Waals surface area contributed by atoms with E-state index in [0.29, 0.717) is 0 Å². The van der Waals surface area contributed by atoms with Gasteiger partial charge in [-0.1, -0.05) is 78.1 Å². The van der Waals surface area contributed by atoms with E-state index in [2.05, 4.69) is 19.2 Å². The zero-order chi connectivity index (χ0) is 13.8. The van der Waals surface area contributed by atoms with Gasteiger partial charge in [0.05, 0.1) is 0 Å². The largest absolute Gasteiger partial charge is 0.317 e. The molecule has 0 heterocycles. The van der Waals surface area contributed by atoms with Crippen LogP contribution in [0, 0.1) is 11.8 Å². The highest BCUT2D eigenvalue weighted by Crippen LogP contribution is 2.29. The van der Waals surface area contributed by atoms with Crippen LogP contribution in [0.5, 0.6) is 0 Å². The van der Waals surface area contributed by atoms with Crippen LogP contribution in [0.4, 0.5) is 0 Å². The monoisotopic (exact) mass is 267 g/mol. The van der Waals surface area contributed by atoms with Gasteiger partial charge in [-0.15, -0.1) is 0 Å². The Bertz CT molecular complexity index is 182. The summed E-state index contributed by atoms with van der Waals surface area (Å²) < 4.78 is 0. The summed E-state index contributed by atoms with van der Waals surface area (Å²) in [6, 6.07) is 0. The summed E-state index contributed by atoms with van der Waals surface area (Å²) in [5, 5.41) is 3.65. The molecule has 0 saturated heterocycles. The Morgan fingerprint density at radius 3 is 2.11 bits per heavy atom. The summed E-state index contributed by atoms with van der Waals surface area (Å²) in [6.45, 7) is 7.21. The molecule has 0 atom stereocenters. The fourth-order valence-corrected chi connectivity index (χ4v) is 3.26. The van der Waals surface area contributed by atoms with Gasteiger partial charge in [-0.25, -0.2) is 0 Å².